The van der Waals surface area contributed by atoms with E-state index in [9.17, 15) is 0 Å². The van der Waals surface area contributed by atoms with Gasteiger partial charge in [0, 0.05) is 62.6 Å². The minimum absolute atomic E-state index is 0.150. The Morgan fingerprint density at radius 1 is 0.313 bits per heavy atom. The van der Waals surface area contributed by atoms with Gasteiger partial charge < -0.3 is 9.47 Å². The van der Waals surface area contributed by atoms with Crippen molar-refractivity contribution in [3.05, 3.63) is 369 Å². The topological polar surface area (TPSA) is 51.8 Å². The molecule has 468 valence electrons. The summed E-state index contributed by atoms with van der Waals surface area (Å²) in [6.07, 6.45) is 9.93. The van der Waals surface area contributed by atoms with Crippen molar-refractivity contribution in [1.82, 2.24) is 24.1 Å². The van der Waals surface area contributed by atoms with Crippen LogP contribution < -0.4 is 4.90 Å². The Balaban J connectivity index is 0.000000148. The van der Waals surface area contributed by atoms with Crippen molar-refractivity contribution >= 4 is 65.8 Å². The van der Waals surface area contributed by atoms with Crippen LogP contribution in [0.2, 0.25) is 0 Å². The first-order valence-corrected chi connectivity index (χ1v) is 34.2. The van der Waals surface area contributed by atoms with Crippen LogP contribution in [0, 0.1) is 0 Å². The maximum absolute atomic E-state index is 5.38. The third-order valence-corrected chi connectivity index (χ3v) is 19.9. The van der Waals surface area contributed by atoms with Gasteiger partial charge in [0.2, 0.25) is 0 Å². The van der Waals surface area contributed by atoms with Gasteiger partial charge in [-0.05, 0) is 138 Å². The standard InChI is InChI=1S/C52H36N4.C41H30N2/c1-3-17-35(18-4-1)40-21-7-8-22-41(40)47-34-46(53-52(54-47)36-19-5-2-6-20-36)37-31-38(55-48-27-13-9-23-42(48)43-24-10-14-28-49(43)55)33-39(32-37)56-50-29-15-11-25-44(50)45-26-12-16-30-51(45)56;1-2-39-42-37-18-10-11-19-38(37)43(39)32-26-24-31(25-27-32)41-35-16-8-6-14-33(35)40(34-15-7-9-17-36(34)41)30-22-20-29(21-23-30)28-12-4-3-5-13-28/h1-34,42,48H;3-27H,2H2,1H3. The predicted octanol–water partition coefficient (Wildman–Crippen LogP) is 23.9. The van der Waals surface area contributed by atoms with E-state index in [4.69, 9.17) is 15.0 Å². The molecule has 0 saturated heterocycles. The van der Waals surface area contributed by atoms with Crippen LogP contribution in [-0.2, 0) is 6.42 Å². The van der Waals surface area contributed by atoms with Gasteiger partial charge >= 0.3 is 0 Å². The van der Waals surface area contributed by atoms with Gasteiger partial charge in [-0.15, -0.1) is 0 Å². The fraction of sp³-hybridized carbons (Fsp3) is 0.0430. The van der Waals surface area contributed by atoms with E-state index in [0.717, 1.165) is 79.5 Å². The van der Waals surface area contributed by atoms with Crippen molar-refractivity contribution in [2.45, 2.75) is 25.3 Å². The lowest BCUT2D eigenvalue weighted by molar-refractivity contribution is 0.744. The molecular formula is C93H66N6. The van der Waals surface area contributed by atoms with E-state index in [1.807, 2.05) is 6.07 Å². The number of hydrogen-bond donors (Lipinski definition) is 0. The van der Waals surface area contributed by atoms with Crippen LogP contribution in [0.3, 0.4) is 0 Å². The van der Waals surface area contributed by atoms with Gasteiger partial charge in [-0.25, -0.2) is 15.0 Å². The van der Waals surface area contributed by atoms with E-state index >= 15 is 0 Å². The van der Waals surface area contributed by atoms with Gasteiger partial charge in [-0.2, -0.15) is 0 Å². The summed E-state index contributed by atoms with van der Waals surface area (Å²) in [5.41, 5.74) is 25.0. The normalized spacial score (nSPS) is 13.8. The number of allylic oxidation sites excluding steroid dienone is 2. The zero-order chi connectivity index (χ0) is 65.8. The quantitative estimate of drug-likeness (QED) is 0.121. The fourth-order valence-corrected chi connectivity index (χ4v) is 15.4. The lowest BCUT2D eigenvalue weighted by Gasteiger charge is -2.29. The zero-order valence-electron chi connectivity index (χ0n) is 54.6. The lowest BCUT2D eigenvalue weighted by atomic mass is 9.85. The van der Waals surface area contributed by atoms with Gasteiger partial charge in [0.05, 0.1) is 39.5 Å². The number of imidazole rings is 1. The SMILES string of the molecule is C1=CC2c3ccccc3N(c3cc(-c4cc(-c5ccccc5-c5ccccc5)nc(-c5ccccc5)n4)cc(-n4c5ccccc5c5ccccc54)c3)C2C=C1.CCc1nc2ccccc2n1-c1ccc(-c2c3ccccc3c(-c3ccc(-c4ccccc4)cc3)c3ccccc23)cc1. The molecule has 4 heterocycles. The maximum atomic E-state index is 5.38. The number of nitrogens with zero attached hydrogens (tertiary/aromatic N) is 6. The summed E-state index contributed by atoms with van der Waals surface area (Å²) >= 11 is 0. The molecule has 2 unspecified atom stereocenters. The van der Waals surface area contributed by atoms with Crippen LogP contribution >= 0.6 is 0 Å². The van der Waals surface area contributed by atoms with Crippen molar-refractivity contribution in [2.75, 3.05) is 4.90 Å². The molecule has 0 saturated carbocycles. The number of aromatic nitrogens is 5. The molecule has 3 aromatic heterocycles. The van der Waals surface area contributed by atoms with Crippen molar-refractivity contribution in [3.63, 3.8) is 0 Å². The van der Waals surface area contributed by atoms with E-state index in [1.165, 1.54) is 88.0 Å². The Morgan fingerprint density at radius 3 is 1.42 bits per heavy atom. The zero-order valence-corrected chi connectivity index (χ0v) is 54.6. The van der Waals surface area contributed by atoms with Crippen LogP contribution in [0.5, 0.6) is 0 Å². The number of hydrogen-bond acceptors (Lipinski definition) is 4. The number of anilines is 2. The summed E-state index contributed by atoms with van der Waals surface area (Å²) in [5.74, 6) is 2.03. The Kier molecular flexibility index (Phi) is 14.9. The van der Waals surface area contributed by atoms with Crippen LogP contribution in [-0.4, -0.2) is 30.1 Å². The third-order valence-electron chi connectivity index (χ3n) is 19.9. The van der Waals surface area contributed by atoms with Crippen LogP contribution in [0.4, 0.5) is 11.4 Å². The Labute approximate surface area is 575 Å². The molecular weight excluding hydrogens is 1200 g/mol. The minimum atomic E-state index is 0.150. The molecule has 19 rings (SSSR count). The average molecular weight is 1270 g/mol. The van der Waals surface area contributed by atoms with E-state index < -0.39 is 0 Å². The maximum Gasteiger partial charge on any atom is 0.160 e. The van der Waals surface area contributed by atoms with E-state index in [0.29, 0.717) is 5.82 Å². The molecule has 0 N–H and O–H groups in total. The number of para-hydroxylation sites is 5. The van der Waals surface area contributed by atoms with E-state index in [2.05, 4.69) is 373 Å². The highest BCUT2D eigenvalue weighted by molar-refractivity contribution is 6.21. The van der Waals surface area contributed by atoms with Crippen molar-refractivity contribution in [3.8, 4) is 89.8 Å². The Morgan fingerprint density at radius 2 is 0.788 bits per heavy atom. The van der Waals surface area contributed by atoms with Gasteiger partial charge in [0.25, 0.3) is 0 Å². The molecule has 99 heavy (non-hydrogen) atoms. The molecule has 1 aliphatic heterocycles. The highest BCUT2D eigenvalue weighted by Crippen LogP contribution is 2.50. The van der Waals surface area contributed by atoms with Crippen LogP contribution in [0.15, 0.2) is 358 Å². The molecule has 2 aliphatic rings. The second-order valence-corrected chi connectivity index (χ2v) is 25.6. The molecule has 0 radical (unpaired) electrons. The van der Waals surface area contributed by atoms with Crippen LogP contribution in [0.25, 0.3) is 144 Å². The number of fused-ring (bicyclic) bond motifs is 9. The lowest BCUT2D eigenvalue weighted by Crippen LogP contribution is -2.28. The Bertz CT molecular complexity index is 5860. The molecule has 0 spiro atoms. The molecule has 1 aliphatic carbocycles. The molecule has 0 bridgehead atoms. The second-order valence-electron chi connectivity index (χ2n) is 25.6. The van der Waals surface area contributed by atoms with Gasteiger partial charge in [-0.1, -0.05) is 298 Å². The Hall–Kier alpha value is -12.8. The minimum Gasteiger partial charge on any atom is -0.333 e. The van der Waals surface area contributed by atoms with Gasteiger partial charge in [0.15, 0.2) is 5.82 Å². The number of rotatable bonds is 11. The number of aryl methyl sites for hydroxylation is 1. The van der Waals surface area contributed by atoms with Crippen molar-refractivity contribution in [1.29, 1.82) is 0 Å². The third kappa shape index (κ3) is 10.5. The monoisotopic (exact) mass is 1270 g/mol. The molecule has 0 amide bonds. The number of benzene rings is 14. The highest BCUT2D eigenvalue weighted by atomic mass is 15.2. The smallest absolute Gasteiger partial charge is 0.160 e. The first-order valence-electron chi connectivity index (χ1n) is 34.2. The van der Waals surface area contributed by atoms with Crippen molar-refractivity contribution < 1.29 is 0 Å². The van der Waals surface area contributed by atoms with Crippen molar-refractivity contribution in [2.24, 2.45) is 0 Å². The summed E-state index contributed by atoms with van der Waals surface area (Å²) in [6, 6.07) is 120. The summed E-state index contributed by atoms with van der Waals surface area (Å²) in [7, 11) is 0. The van der Waals surface area contributed by atoms with E-state index in [1.54, 1.807) is 0 Å². The molecule has 14 aromatic carbocycles. The van der Waals surface area contributed by atoms with Crippen LogP contribution in [0.1, 0.15) is 24.2 Å². The molecule has 6 nitrogen and oxygen atoms in total. The fourth-order valence-electron chi connectivity index (χ4n) is 15.4. The summed E-state index contributed by atoms with van der Waals surface area (Å²) in [6.45, 7) is 2.17. The van der Waals surface area contributed by atoms with Gasteiger partial charge in [-0.3, -0.25) is 4.57 Å². The second kappa shape index (κ2) is 25.1. The highest BCUT2D eigenvalue weighted by Gasteiger charge is 2.37. The van der Waals surface area contributed by atoms with Gasteiger partial charge in [0.1, 0.15) is 5.82 Å². The first-order chi connectivity index (χ1) is 49.1. The molecule has 2 atom stereocenters. The first kappa shape index (κ1) is 58.8. The molecule has 6 heteroatoms. The summed E-state index contributed by atoms with van der Waals surface area (Å²) in [4.78, 5) is 18.1. The summed E-state index contributed by atoms with van der Waals surface area (Å²) < 4.78 is 4.70. The largest absolute Gasteiger partial charge is 0.333 e. The van der Waals surface area contributed by atoms with E-state index in [-0.39, 0.29) is 12.0 Å². The molecule has 17 aromatic rings. The predicted molar refractivity (Wildman–Crippen MR) is 413 cm³/mol. The summed E-state index contributed by atoms with van der Waals surface area (Å²) in [5, 5.41) is 7.52. The molecule has 0 fully saturated rings. The average Bonchev–Trinajstić information content (AvgIpc) is 1.71.